The summed E-state index contributed by atoms with van der Waals surface area (Å²) < 4.78 is 25.7. The van der Waals surface area contributed by atoms with E-state index in [1.54, 1.807) is 0 Å². The van der Waals surface area contributed by atoms with E-state index in [0.29, 0.717) is 30.9 Å². The van der Waals surface area contributed by atoms with Crippen LogP contribution in [0.15, 0.2) is 0 Å². The maximum Gasteiger partial charge on any atom is 0.230 e. The number of nitrogens with zero attached hydrogens (tertiary/aromatic N) is 3. The number of hydrogen-bond acceptors (Lipinski definition) is 6. The Morgan fingerprint density at radius 3 is 2.82 bits per heavy atom. The third-order valence-electron chi connectivity index (χ3n) is 3.61. The molecule has 0 spiro atoms. The summed E-state index contributed by atoms with van der Waals surface area (Å²) in [7, 11) is -3.24. The predicted molar refractivity (Wildman–Crippen MR) is 86.3 cm³/mol. The molecule has 22 heavy (non-hydrogen) atoms. The SMILES string of the molecule is CCCS(=O)(=O)N1CCCC(C(=O)Nc2nnc(CC)s2)C1. The Kier molecular flexibility index (Phi) is 5.87. The number of sulfonamides is 1. The maximum atomic E-state index is 12.3. The van der Waals surface area contributed by atoms with Gasteiger partial charge in [0.05, 0.1) is 11.7 Å². The third kappa shape index (κ3) is 4.23. The summed E-state index contributed by atoms with van der Waals surface area (Å²) in [5.74, 6) is -0.359. The lowest BCUT2D eigenvalue weighted by atomic mass is 9.99. The highest BCUT2D eigenvalue weighted by Crippen LogP contribution is 2.22. The van der Waals surface area contributed by atoms with Gasteiger partial charge in [-0.1, -0.05) is 25.2 Å². The van der Waals surface area contributed by atoms with Crippen LogP contribution in [0.25, 0.3) is 0 Å². The minimum atomic E-state index is -3.24. The van der Waals surface area contributed by atoms with Crippen LogP contribution in [0, 0.1) is 5.92 Å². The lowest BCUT2D eigenvalue weighted by Crippen LogP contribution is -2.44. The molecule has 1 saturated heterocycles. The number of carbonyl (C=O) groups is 1. The Hall–Kier alpha value is -1.06. The van der Waals surface area contributed by atoms with Crippen LogP contribution in [0.5, 0.6) is 0 Å². The first-order chi connectivity index (χ1) is 10.5. The van der Waals surface area contributed by atoms with E-state index >= 15 is 0 Å². The van der Waals surface area contributed by atoms with Crippen molar-refractivity contribution in [2.75, 3.05) is 24.2 Å². The van der Waals surface area contributed by atoms with Crippen molar-refractivity contribution in [1.29, 1.82) is 0 Å². The van der Waals surface area contributed by atoms with Gasteiger partial charge in [-0.3, -0.25) is 4.79 Å². The molecule has 1 aromatic rings. The first-order valence-electron chi connectivity index (χ1n) is 7.57. The molecule has 2 heterocycles. The zero-order chi connectivity index (χ0) is 16.2. The Balaban J connectivity index is 1.98. The van der Waals surface area contributed by atoms with Crippen molar-refractivity contribution in [3.05, 3.63) is 5.01 Å². The van der Waals surface area contributed by atoms with Gasteiger partial charge in [-0.05, 0) is 25.7 Å². The molecular formula is C13H22N4O3S2. The van der Waals surface area contributed by atoms with Crippen molar-refractivity contribution in [3.8, 4) is 0 Å². The molecule has 9 heteroatoms. The van der Waals surface area contributed by atoms with Crippen LogP contribution in [0.3, 0.4) is 0 Å². The van der Waals surface area contributed by atoms with Gasteiger partial charge in [-0.25, -0.2) is 12.7 Å². The predicted octanol–water partition coefficient (Wildman–Crippen LogP) is 1.49. The topological polar surface area (TPSA) is 92.3 Å². The average molecular weight is 346 g/mol. The summed E-state index contributed by atoms with van der Waals surface area (Å²) in [4.78, 5) is 12.3. The van der Waals surface area contributed by atoms with E-state index < -0.39 is 10.0 Å². The largest absolute Gasteiger partial charge is 0.300 e. The van der Waals surface area contributed by atoms with Crippen molar-refractivity contribution in [2.24, 2.45) is 5.92 Å². The Labute approximate surface area is 135 Å². The second-order valence-corrected chi connectivity index (χ2v) is 8.51. The molecule has 0 aromatic carbocycles. The van der Waals surface area contributed by atoms with E-state index in [-0.39, 0.29) is 24.1 Å². The Bertz CT molecular complexity index is 615. The normalized spacial score (nSPS) is 20.0. The number of piperidine rings is 1. The van der Waals surface area contributed by atoms with Crippen molar-refractivity contribution in [2.45, 2.75) is 39.5 Å². The van der Waals surface area contributed by atoms with Crippen LogP contribution >= 0.6 is 11.3 Å². The Morgan fingerprint density at radius 1 is 1.41 bits per heavy atom. The maximum absolute atomic E-state index is 12.3. The quantitative estimate of drug-likeness (QED) is 0.842. The molecule has 1 amide bonds. The van der Waals surface area contributed by atoms with Gasteiger partial charge in [0.1, 0.15) is 5.01 Å². The fraction of sp³-hybridized carbons (Fsp3) is 0.769. The van der Waals surface area contributed by atoms with E-state index in [9.17, 15) is 13.2 Å². The fourth-order valence-corrected chi connectivity index (χ4v) is 4.72. The molecule has 0 bridgehead atoms. The molecule has 1 unspecified atom stereocenters. The molecule has 1 aliphatic rings. The molecule has 2 rings (SSSR count). The van der Waals surface area contributed by atoms with Crippen LogP contribution in [-0.4, -0.2) is 47.7 Å². The van der Waals surface area contributed by atoms with Gasteiger partial charge >= 0.3 is 0 Å². The average Bonchev–Trinajstić information content (AvgIpc) is 2.95. The molecule has 1 N–H and O–H groups in total. The van der Waals surface area contributed by atoms with Gasteiger partial charge in [0, 0.05) is 13.1 Å². The Morgan fingerprint density at radius 2 is 2.18 bits per heavy atom. The van der Waals surface area contributed by atoms with Crippen molar-refractivity contribution < 1.29 is 13.2 Å². The highest BCUT2D eigenvalue weighted by atomic mass is 32.2. The van der Waals surface area contributed by atoms with Crippen LogP contribution in [0.2, 0.25) is 0 Å². The van der Waals surface area contributed by atoms with Crippen LogP contribution in [-0.2, 0) is 21.2 Å². The zero-order valence-corrected chi connectivity index (χ0v) is 14.5. The van der Waals surface area contributed by atoms with Crippen LogP contribution < -0.4 is 5.32 Å². The number of hydrogen-bond donors (Lipinski definition) is 1. The van der Waals surface area contributed by atoms with Gasteiger partial charge in [-0.15, -0.1) is 10.2 Å². The molecule has 1 fully saturated rings. The summed E-state index contributed by atoms with van der Waals surface area (Å²) in [6.07, 6.45) is 2.76. The highest BCUT2D eigenvalue weighted by Gasteiger charge is 2.32. The molecular weight excluding hydrogens is 324 g/mol. The standard InChI is InChI=1S/C13H22N4O3S2/c1-3-8-22(19,20)17-7-5-6-10(9-17)12(18)14-13-16-15-11(4-2)21-13/h10H,3-9H2,1-2H3,(H,14,16,18). The molecule has 0 saturated carbocycles. The number of rotatable bonds is 6. The monoisotopic (exact) mass is 346 g/mol. The summed E-state index contributed by atoms with van der Waals surface area (Å²) >= 11 is 1.35. The second-order valence-electron chi connectivity index (χ2n) is 5.36. The van der Waals surface area contributed by atoms with Crippen LogP contribution in [0.4, 0.5) is 5.13 Å². The molecule has 0 radical (unpaired) electrons. The highest BCUT2D eigenvalue weighted by molar-refractivity contribution is 7.89. The number of anilines is 1. The molecule has 1 aromatic heterocycles. The molecule has 0 aliphatic carbocycles. The molecule has 1 atom stereocenters. The molecule has 124 valence electrons. The molecule has 7 nitrogen and oxygen atoms in total. The second kappa shape index (κ2) is 7.47. The van der Waals surface area contributed by atoms with Gasteiger partial charge in [0.15, 0.2) is 0 Å². The van der Waals surface area contributed by atoms with E-state index in [1.807, 2.05) is 13.8 Å². The number of aryl methyl sites for hydroxylation is 1. The van der Waals surface area contributed by atoms with E-state index in [1.165, 1.54) is 15.6 Å². The van der Waals surface area contributed by atoms with Crippen molar-refractivity contribution >= 4 is 32.4 Å². The number of nitrogens with one attached hydrogen (secondary N) is 1. The lowest BCUT2D eigenvalue weighted by molar-refractivity contribution is -0.120. The van der Waals surface area contributed by atoms with Gasteiger partial charge < -0.3 is 5.32 Å². The van der Waals surface area contributed by atoms with Gasteiger partial charge in [-0.2, -0.15) is 0 Å². The summed E-state index contributed by atoms with van der Waals surface area (Å²) in [5.41, 5.74) is 0. The lowest BCUT2D eigenvalue weighted by Gasteiger charge is -2.30. The molecule has 1 aliphatic heterocycles. The summed E-state index contributed by atoms with van der Waals surface area (Å²) in [6.45, 7) is 4.58. The first kappa shape index (κ1) is 17.3. The smallest absolute Gasteiger partial charge is 0.230 e. The number of aromatic nitrogens is 2. The fourth-order valence-electron chi connectivity index (χ4n) is 2.45. The number of carbonyl (C=O) groups excluding carboxylic acids is 1. The summed E-state index contributed by atoms with van der Waals surface area (Å²) in [5, 5.41) is 12.0. The first-order valence-corrected chi connectivity index (χ1v) is 10.00. The third-order valence-corrected chi connectivity index (χ3v) is 6.64. The van der Waals surface area contributed by atoms with Gasteiger partial charge in [0.2, 0.25) is 21.1 Å². The zero-order valence-electron chi connectivity index (χ0n) is 12.9. The number of amides is 1. The van der Waals surface area contributed by atoms with Crippen LogP contribution in [0.1, 0.15) is 38.1 Å². The van der Waals surface area contributed by atoms with E-state index in [4.69, 9.17) is 0 Å². The van der Waals surface area contributed by atoms with E-state index in [2.05, 4.69) is 15.5 Å². The van der Waals surface area contributed by atoms with E-state index in [0.717, 1.165) is 11.4 Å². The van der Waals surface area contributed by atoms with Crippen molar-refractivity contribution in [3.63, 3.8) is 0 Å². The van der Waals surface area contributed by atoms with Gasteiger partial charge in [0.25, 0.3) is 0 Å². The summed E-state index contributed by atoms with van der Waals surface area (Å²) in [6, 6.07) is 0. The minimum absolute atomic E-state index is 0.137. The minimum Gasteiger partial charge on any atom is -0.300 e. The van der Waals surface area contributed by atoms with Crippen molar-refractivity contribution in [1.82, 2.24) is 14.5 Å².